The molecule has 0 aliphatic heterocycles. The van der Waals surface area contributed by atoms with Crippen molar-refractivity contribution in [3.8, 4) is 5.75 Å². The number of ether oxygens (including phenoxy) is 1. The topological polar surface area (TPSA) is 61.9 Å². The van der Waals surface area contributed by atoms with Crippen LogP contribution in [0.2, 0.25) is 0 Å². The maximum absolute atomic E-state index is 13.4. The van der Waals surface area contributed by atoms with E-state index in [-0.39, 0.29) is 18.5 Å². The Kier molecular flexibility index (Phi) is 9.98. The number of nitrogens with one attached hydrogen (secondary N) is 1. The summed E-state index contributed by atoms with van der Waals surface area (Å²) in [6.45, 7) is 6.15. The molecule has 180 valence electrons. The van der Waals surface area contributed by atoms with Crippen LogP contribution in [0.5, 0.6) is 5.75 Å². The van der Waals surface area contributed by atoms with Gasteiger partial charge in [-0.25, -0.2) is 4.79 Å². The average molecular weight is 480 g/mol. The number of benzene rings is 2. The van der Waals surface area contributed by atoms with Gasteiger partial charge in [-0.2, -0.15) is 0 Å². The molecule has 3 rings (SSSR count). The maximum Gasteiger partial charge on any atom is 0.322 e. The average Bonchev–Trinajstić information content (AvgIpc) is 3.36. The van der Waals surface area contributed by atoms with E-state index < -0.39 is 0 Å². The number of amides is 3. The zero-order valence-electron chi connectivity index (χ0n) is 19.9. The summed E-state index contributed by atoms with van der Waals surface area (Å²) in [6.07, 6.45) is 1.76. The fourth-order valence-corrected chi connectivity index (χ4v) is 4.21. The number of urea groups is 1. The predicted octanol–water partition coefficient (Wildman–Crippen LogP) is 6.01. The molecular formula is C27H33N3O3S. The Labute approximate surface area is 206 Å². The number of hydrogen-bond donors (Lipinski definition) is 1. The Hall–Kier alpha value is -3.32. The SMILES string of the molecule is CCCCN(CC(=O)N(Cc1ccccc1)Cc1cccs1)C(=O)Nc1ccc(OCC)cc1. The molecule has 1 heterocycles. The largest absolute Gasteiger partial charge is 0.494 e. The molecule has 0 aliphatic rings. The van der Waals surface area contributed by atoms with Crippen molar-refractivity contribution < 1.29 is 14.3 Å². The van der Waals surface area contributed by atoms with Crippen LogP contribution in [-0.4, -0.2) is 41.4 Å². The molecule has 3 aromatic rings. The van der Waals surface area contributed by atoms with Crippen molar-refractivity contribution >= 4 is 29.0 Å². The van der Waals surface area contributed by atoms with E-state index >= 15 is 0 Å². The summed E-state index contributed by atoms with van der Waals surface area (Å²) in [5.41, 5.74) is 1.73. The summed E-state index contributed by atoms with van der Waals surface area (Å²) in [7, 11) is 0. The number of thiophene rings is 1. The molecule has 0 saturated heterocycles. The molecule has 1 aromatic heterocycles. The Morgan fingerprint density at radius 3 is 2.32 bits per heavy atom. The molecule has 0 radical (unpaired) electrons. The van der Waals surface area contributed by atoms with E-state index in [1.807, 2.05) is 71.8 Å². The summed E-state index contributed by atoms with van der Waals surface area (Å²) in [6, 6.07) is 20.9. The van der Waals surface area contributed by atoms with Crippen LogP contribution in [0.3, 0.4) is 0 Å². The van der Waals surface area contributed by atoms with Gasteiger partial charge in [0, 0.05) is 23.7 Å². The van der Waals surface area contributed by atoms with Crippen molar-refractivity contribution in [1.29, 1.82) is 0 Å². The fraction of sp³-hybridized carbons (Fsp3) is 0.333. The number of nitrogens with zero attached hydrogens (tertiary/aromatic N) is 2. The first-order valence-electron chi connectivity index (χ1n) is 11.7. The number of hydrogen-bond acceptors (Lipinski definition) is 4. The van der Waals surface area contributed by atoms with Crippen molar-refractivity contribution in [2.24, 2.45) is 0 Å². The van der Waals surface area contributed by atoms with Crippen LogP contribution in [0, 0.1) is 0 Å². The van der Waals surface area contributed by atoms with Crippen molar-refractivity contribution in [1.82, 2.24) is 9.80 Å². The quantitative estimate of drug-likeness (QED) is 0.346. The molecule has 0 fully saturated rings. The highest BCUT2D eigenvalue weighted by molar-refractivity contribution is 7.09. The first-order valence-corrected chi connectivity index (χ1v) is 12.6. The van der Waals surface area contributed by atoms with Crippen LogP contribution >= 0.6 is 11.3 Å². The summed E-state index contributed by atoms with van der Waals surface area (Å²) in [4.78, 5) is 31.0. The molecule has 6 nitrogen and oxygen atoms in total. The number of anilines is 1. The van der Waals surface area contributed by atoms with Gasteiger partial charge in [0.25, 0.3) is 0 Å². The van der Waals surface area contributed by atoms with Gasteiger partial charge in [-0.1, -0.05) is 49.7 Å². The molecule has 0 spiro atoms. The van der Waals surface area contributed by atoms with Crippen LogP contribution in [0.15, 0.2) is 72.1 Å². The van der Waals surface area contributed by atoms with Crippen LogP contribution in [0.1, 0.15) is 37.1 Å². The van der Waals surface area contributed by atoms with Crippen LogP contribution in [0.25, 0.3) is 0 Å². The monoisotopic (exact) mass is 479 g/mol. The lowest BCUT2D eigenvalue weighted by molar-refractivity contribution is -0.133. The highest BCUT2D eigenvalue weighted by Gasteiger charge is 2.22. The zero-order valence-corrected chi connectivity index (χ0v) is 20.7. The lowest BCUT2D eigenvalue weighted by atomic mass is 10.2. The summed E-state index contributed by atoms with van der Waals surface area (Å²) >= 11 is 1.63. The van der Waals surface area contributed by atoms with Gasteiger partial charge in [0.15, 0.2) is 0 Å². The summed E-state index contributed by atoms with van der Waals surface area (Å²) in [5, 5.41) is 4.93. The first kappa shape index (κ1) is 25.3. The minimum Gasteiger partial charge on any atom is -0.494 e. The van der Waals surface area contributed by atoms with Gasteiger partial charge in [-0.05, 0) is 54.6 Å². The second kappa shape index (κ2) is 13.4. The smallest absolute Gasteiger partial charge is 0.322 e. The number of unbranched alkanes of at least 4 members (excludes halogenated alkanes) is 1. The molecule has 0 atom stereocenters. The number of carbonyl (C=O) groups is 2. The van der Waals surface area contributed by atoms with Crippen molar-refractivity contribution in [3.05, 3.63) is 82.6 Å². The van der Waals surface area contributed by atoms with Crippen molar-refractivity contribution in [2.45, 2.75) is 39.8 Å². The summed E-state index contributed by atoms with van der Waals surface area (Å²) < 4.78 is 5.46. The minimum atomic E-state index is -0.276. The highest BCUT2D eigenvalue weighted by atomic mass is 32.1. The van der Waals surface area contributed by atoms with Gasteiger partial charge in [-0.3, -0.25) is 4.79 Å². The fourth-order valence-electron chi connectivity index (χ4n) is 3.50. The van der Waals surface area contributed by atoms with Gasteiger partial charge >= 0.3 is 6.03 Å². The molecule has 34 heavy (non-hydrogen) atoms. The normalized spacial score (nSPS) is 10.5. The third kappa shape index (κ3) is 7.92. The summed E-state index contributed by atoms with van der Waals surface area (Å²) in [5.74, 6) is 0.679. The van der Waals surface area contributed by atoms with Crippen LogP contribution < -0.4 is 10.1 Å². The van der Waals surface area contributed by atoms with E-state index in [4.69, 9.17) is 4.74 Å². The molecule has 2 aromatic carbocycles. The first-order chi connectivity index (χ1) is 16.6. The Morgan fingerprint density at radius 2 is 1.68 bits per heavy atom. The Bertz CT molecular complexity index is 1010. The Morgan fingerprint density at radius 1 is 0.912 bits per heavy atom. The number of rotatable bonds is 12. The molecule has 7 heteroatoms. The lowest BCUT2D eigenvalue weighted by Gasteiger charge is -2.28. The van der Waals surface area contributed by atoms with E-state index in [1.54, 1.807) is 28.4 Å². The van der Waals surface area contributed by atoms with Gasteiger partial charge < -0.3 is 19.9 Å². The minimum absolute atomic E-state index is 0.0288. The van der Waals surface area contributed by atoms with Gasteiger partial charge in [0.1, 0.15) is 12.3 Å². The molecule has 0 saturated carbocycles. The van der Waals surface area contributed by atoms with Gasteiger partial charge in [0.05, 0.1) is 13.2 Å². The third-order valence-corrected chi connectivity index (χ3v) is 6.17. The molecule has 3 amide bonds. The van der Waals surface area contributed by atoms with E-state index in [2.05, 4.69) is 12.2 Å². The standard InChI is InChI=1S/C27H33N3O3S/c1-3-5-17-29(27(32)28-23-13-15-24(16-14-23)33-4-2)21-26(31)30(20-25-12-9-18-34-25)19-22-10-7-6-8-11-22/h6-16,18H,3-5,17,19-21H2,1-2H3,(H,28,32). The van der Waals surface area contributed by atoms with Crippen molar-refractivity contribution in [3.63, 3.8) is 0 Å². The molecule has 1 N–H and O–H groups in total. The third-order valence-electron chi connectivity index (χ3n) is 5.31. The van der Waals surface area contributed by atoms with E-state index in [0.29, 0.717) is 31.9 Å². The molecule has 0 aliphatic carbocycles. The second-order valence-corrected chi connectivity index (χ2v) is 9.01. The lowest BCUT2D eigenvalue weighted by Crippen LogP contribution is -2.44. The van der Waals surface area contributed by atoms with Gasteiger partial charge in [0.2, 0.25) is 5.91 Å². The highest BCUT2D eigenvalue weighted by Crippen LogP contribution is 2.18. The van der Waals surface area contributed by atoms with E-state index in [0.717, 1.165) is 29.0 Å². The zero-order chi connectivity index (χ0) is 24.2. The van der Waals surface area contributed by atoms with Gasteiger partial charge in [-0.15, -0.1) is 11.3 Å². The van der Waals surface area contributed by atoms with E-state index in [1.165, 1.54) is 0 Å². The van der Waals surface area contributed by atoms with Crippen molar-refractivity contribution in [2.75, 3.05) is 25.0 Å². The molecule has 0 bridgehead atoms. The van der Waals surface area contributed by atoms with Crippen LogP contribution in [-0.2, 0) is 17.9 Å². The van der Waals surface area contributed by atoms with E-state index in [9.17, 15) is 9.59 Å². The van der Waals surface area contributed by atoms with Crippen LogP contribution in [0.4, 0.5) is 10.5 Å². The maximum atomic E-state index is 13.4. The molecular weight excluding hydrogens is 446 g/mol. The predicted molar refractivity (Wildman–Crippen MR) is 138 cm³/mol. The second-order valence-electron chi connectivity index (χ2n) is 7.98. The molecule has 0 unspecified atom stereocenters. The Balaban J connectivity index is 1.70. The number of carbonyl (C=O) groups excluding carboxylic acids is 2.